The van der Waals surface area contributed by atoms with Crippen molar-refractivity contribution in [2.45, 2.75) is 0 Å². The van der Waals surface area contributed by atoms with Crippen molar-refractivity contribution in [2.75, 3.05) is 0 Å². The van der Waals surface area contributed by atoms with Crippen LogP contribution in [0.1, 0.15) is 11.1 Å². The quantitative estimate of drug-likeness (QED) is 0.237. The van der Waals surface area contributed by atoms with Crippen molar-refractivity contribution in [3.63, 3.8) is 0 Å². The van der Waals surface area contributed by atoms with Gasteiger partial charge >= 0.3 is 0 Å². The Labute approximate surface area is 176 Å². The predicted octanol–water partition coefficient (Wildman–Crippen LogP) is 8.08. The minimum atomic E-state index is 0.658. The van der Waals surface area contributed by atoms with Crippen LogP contribution in [0.5, 0.6) is 0 Å². The second-order valence-corrected chi connectivity index (χ2v) is 6.50. The standard InChI is InChI=1S/C26H20N4/c1-5-13-21(14-6-1)25(29-27-23-17-9-3-10-18-23)26(22-15-7-2-8-16-22)30-28-24-19-11-4-12-20-24/h1-20H. The van der Waals surface area contributed by atoms with Gasteiger partial charge in [0, 0.05) is 11.1 Å². The minimum Gasteiger partial charge on any atom is -0.150 e. The normalized spacial score (nSPS) is 12.3. The van der Waals surface area contributed by atoms with E-state index in [2.05, 4.69) is 20.5 Å². The van der Waals surface area contributed by atoms with E-state index in [4.69, 9.17) is 0 Å². The molecule has 0 N–H and O–H groups in total. The van der Waals surface area contributed by atoms with Crippen molar-refractivity contribution in [3.05, 3.63) is 132 Å². The summed E-state index contributed by atoms with van der Waals surface area (Å²) in [5.41, 5.74) is 4.71. The Morgan fingerprint density at radius 3 is 1.00 bits per heavy atom. The SMILES string of the molecule is c1ccc(N=NC(=C(N=Nc2ccccc2)c2ccccc2)c2ccccc2)cc1. The fourth-order valence-corrected chi connectivity index (χ4v) is 2.88. The topological polar surface area (TPSA) is 49.4 Å². The summed E-state index contributed by atoms with van der Waals surface area (Å²) in [5.74, 6) is 0. The first-order valence-corrected chi connectivity index (χ1v) is 9.69. The zero-order valence-corrected chi connectivity index (χ0v) is 16.3. The van der Waals surface area contributed by atoms with Crippen molar-refractivity contribution in [3.8, 4) is 0 Å². The molecule has 4 aromatic carbocycles. The van der Waals surface area contributed by atoms with Crippen LogP contribution in [0.4, 0.5) is 11.4 Å². The van der Waals surface area contributed by atoms with E-state index in [1.807, 2.05) is 121 Å². The Morgan fingerprint density at radius 1 is 0.367 bits per heavy atom. The highest BCUT2D eigenvalue weighted by Gasteiger charge is 2.12. The van der Waals surface area contributed by atoms with E-state index in [-0.39, 0.29) is 0 Å². The maximum Gasteiger partial charge on any atom is 0.121 e. The molecule has 0 aliphatic rings. The minimum absolute atomic E-state index is 0.658. The molecule has 0 saturated heterocycles. The molecule has 4 rings (SSSR count). The maximum atomic E-state index is 4.60. The largest absolute Gasteiger partial charge is 0.150 e. The first-order valence-electron chi connectivity index (χ1n) is 9.69. The smallest absolute Gasteiger partial charge is 0.121 e. The highest BCUT2D eigenvalue weighted by molar-refractivity contribution is 5.89. The average molecular weight is 388 g/mol. The van der Waals surface area contributed by atoms with E-state index in [1.165, 1.54) is 0 Å². The predicted molar refractivity (Wildman–Crippen MR) is 122 cm³/mol. The lowest BCUT2D eigenvalue weighted by Gasteiger charge is -2.08. The number of rotatable bonds is 6. The first kappa shape index (κ1) is 19.2. The van der Waals surface area contributed by atoms with Crippen molar-refractivity contribution in [1.29, 1.82) is 0 Å². The van der Waals surface area contributed by atoms with E-state index in [1.54, 1.807) is 0 Å². The van der Waals surface area contributed by atoms with Crippen LogP contribution in [0.15, 0.2) is 142 Å². The van der Waals surface area contributed by atoms with Gasteiger partial charge in [0.2, 0.25) is 0 Å². The van der Waals surface area contributed by atoms with Crippen LogP contribution in [0.3, 0.4) is 0 Å². The number of hydrogen-bond donors (Lipinski definition) is 0. The first-order chi connectivity index (χ1) is 14.9. The summed E-state index contributed by atoms with van der Waals surface area (Å²) in [7, 11) is 0. The monoisotopic (exact) mass is 388 g/mol. The van der Waals surface area contributed by atoms with Gasteiger partial charge in [-0.25, -0.2) is 0 Å². The molecule has 0 saturated carbocycles. The summed E-state index contributed by atoms with van der Waals surface area (Å²) >= 11 is 0. The van der Waals surface area contributed by atoms with Crippen LogP contribution in [-0.4, -0.2) is 0 Å². The fraction of sp³-hybridized carbons (Fsp3) is 0. The summed E-state index contributed by atoms with van der Waals surface area (Å²) in [4.78, 5) is 0. The summed E-state index contributed by atoms with van der Waals surface area (Å²) in [6.45, 7) is 0. The van der Waals surface area contributed by atoms with E-state index in [0.717, 1.165) is 22.5 Å². The Hall–Kier alpha value is -4.18. The van der Waals surface area contributed by atoms with Gasteiger partial charge in [0.15, 0.2) is 0 Å². The van der Waals surface area contributed by atoms with Gasteiger partial charge in [-0.2, -0.15) is 10.2 Å². The van der Waals surface area contributed by atoms with Gasteiger partial charge in [0.25, 0.3) is 0 Å². The third-order valence-corrected chi connectivity index (χ3v) is 4.36. The zero-order valence-electron chi connectivity index (χ0n) is 16.3. The van der Waals surface area contributed by atoms with Gasteiger partial charge in [0.1, 0.15) is 11.4 Å². The molecule has 0 heterocycles. The molecule has 144 valence electrons. The molecule has 0 aliphatic carbocycles. The van der Waals surface area contributed by atoms with Crippen LogP contribution in [0, 0.1) is 0 Å². The molecule has 0 aliphatic heterocycles. The number of benzene rings is 4. The number of hydrogen-bond acceptors (Lipinski definition) is 4. The van der Waals surface area contributed by atoms with E-state index in [0.29, 0.717) is 11.4 Å². The van der Waals surface area contributed by atoms with Gasteiger partial charge in [-0.3, -0.25) is 0 Å². The molecule has 0 fully saturated rings. The number of azo groups is 2. The van der Waals surface area contributed by atoms with Crippen molar-refractivity contribution < 1.29 is 0 Å². The zero-order chi connectivity index (χ0) is 20.4. The Kier molecular flexibility index (Phi) is 6.28. The number of nitrogens with zero attached hydrogens (tertiary/aromatic N) is 4. The van der Waals surface area contributed by atoms with Crippen LogP contribution < -0.4 is 0 Å². The molecule has 0 unspecified atom stereocenters. The molecule has 30 heavy (non-hydrogen) atoms. The van der Waals surface area contributed by atoms with Crippen molar-refractivity contribution >= 4 is 22.8 Å². The van der Waals surface area contributed by atoms with Crippen molar-refractivity contribution in [1.82, 2.24) is 0 Å². The maximum absolute atomic E-state index is 4.60. The van der Waals surface area contributed by atoms with Crippen LogP contribution >= 0.6 is 0 Å². The lowest BCUT2D eigenvalue weighted by molar-refractivity contribution is 1.20. The van der Waals surface area contributed by atoms with E-state index >= 15 is 0 Å². The van der Waals surface area contributed by atoms with Gasteiger partial charge in [-0.15, -0.1) is 10.2 Å². The van der Waals surface area contributed by atoms with Crippen LogP contribution in [0.25, 0.3) is 11.4 Å². The van der Waals surface area contributed by atoms with Crippen molar-refractivity contribution in [2.24, 2.45) is 20.5 Å². The molecule has 0 atom stereocenters. The fourth-order valence-electron chi connectivity index (χ4n) is 2.88. The Bertz CT molecular complexity index is 1060. The van der Waals surface area contributed by atoms with Crippen LogP contribution in [0.2, 0.25) is 0 Å². The average Bonchev–Trinajstić information content (AvgIpc) is 2.83. The summed E-state index contributed by atoms with van der Waals surface area (Å²) in [6, 6.07) is 39.2. The Morgan fingerprint density at radius 2 is 0.667 bits per heavy atom. The van der Waals surface area contributed by atoms with Crippen LogP contribution in [-0.2, 0) is 0 Å². The third kappa shape index (κ3) is 5.00. The molecule has 0 bridgehead atoms. The molecule has 0 radical (unpaired) electrons. The molecular weight excluding hydrogens is 368 g/mol. The van der Waals surface area contributed by atoms with Gasteiger partial charge in [0.05, 0.1) is 11.4 Å². The molecule has 0 spiro atoms. The van der Waals surface area contributed by atoms with Gasteiger partial charge < -0.3 is 0 Å². The summed E-state index contributed by atoms with van der Waals surface area (Å²) < 4.78 is 0. The summed E-state index contributed by atoms with van der Waals surface area (Å²) in [5, 5.41) is 18.1. The second kappa shape index (κ2) is 9.85. The molecule has 0 aromatic heterocycles. The molecule has 4 heteroatoms. The molecule has 4 nitrogen and oxygen atoms in total. The van der Waals surface area contributed by atoms with Gasteiger partial charge in [-0.1, -0.05) is 97.1 Å². The molecule has 0 amide bonds. The molecular formula is C26H20N4. The highest BCUT2D eigenvalue weighted by atomic mass is 15.2. The Balaban J connectivity index is 1.88. The third-order valence-electron chi connectivity index (χ3n) is 4.36. The van der Waals surface area contributed by atoms with E-state index < -0.39 is 0 Å². The second-order valence-electron chi connectivity index (χ2n) is 6.50. The summed E-state index contributed by atoms with van der Waals surface area (Å²) in [6.07, 6.45) is 0. The van der Waals surface area contributed by atoms with E-state index in [9.17, 15) is 0 Å². The lowest BCUT2D eigenvalue weighted by Crippen LogP contribution is -1.88. The highest BCUT2D eigenvalue weighted by Crippen LogP contribution is 2.31. The molecule has 4 aromatic rings. The lowest BCUT2D eigenvalue weighted by atomic mass is 10.1. The van der Waals surface area contributed by atoms with Gasteiger partial charge in [-0.05, 0) is 24.3 Å².